The van der Waals surface area contributed by atoms with Crippen LogP contribution in [0.2, 0.25) is 0 Å². The Morgan fingerprint density at radius 1 is 1.22 bits per heavy atom. The van der Waals surface area contributed by atoms with Crippen molar-refractivity contribution in [2.24, 2.45) is 5.41 Å². The molecule has 1 saturated heterocycles. The number of halogens is 1. The molecule has 41 heavy (non-hydrogen) atoms. The normalized spacial score (nSPS) is 19.4. The van der Waals surface area contributed by atoms with Gasteiger partial charge in [0.1, 0.15) is 17.6 Å². The van der Waals surface area contributed by atoms with Crippen molar-refractivity contribution < 1.29 is 23.8 Å². The van der Waals surface area contributed by atoms with Crippen LogP contribution in [0.5, 0.6) is 11.5 Å². The Kier molecular flexibility index (Phi) is 8.26. The van der Waals surface area contributed by atoms with E-state index in [-0.39, 0.29) is 17.7 Å². The Morgan fingerprint density at radius 2 is 1.95 bits per heavy atom. The van der Waals surface area contributed by atoms with Crippen LogP contribution in [-0.2, 0) is 4.79 Å². The van der Waals surface area contributed by atoms with Gasteiger partial charge in [-0.2, -0.15) is 10.4 Å². The van der Waals surface area contributed by atoms with Gasteiger partial charge in [0.25, 0.3) is 5.91 Å². The van der Waals surface area contributed by atoms with Crippen LogP contribution in [-0.4, -0.2) is 50.2 Å². The van der Waals surface area contributed by atoms with Gasteiger partial charge in [0, 0.05) is 11.6 Å². The quantitative estimate of drug-likeness (QED) is 0.398. The molecule has 4 atom stereocenters. The second-order valence-electron chi connectivity index (χ2n) is 10.9. The first kappa shape index (κ1) is 29.4. The topological polar surface area (TPSA) is 148 Å². The van der Waals surface area contributed by atoms with Crippen LogP contribution in [0, 0.1) is 36.4 Å². The molecular weight excluding hydrogens is 529 g/mol. The van der Waals surface area contributed by atoms with E-state index < -0.39 is 52.8 Å². The number of aliphatic hydroxyl groups is 1. The van der Waals surface area contributed by atoms with E-state index in [1.54, 1.807) is 45.9 Å². The average Bonchev–Trinajstić information content (AvgIpc) is 3.29. The minimum atomic E-state index is -1.03. The SMILES string of the molecule is Cc1cc(Oc2ccc(C(=O)NC(C)C(=O)N3[C@H](c4cccc(F)c4)[C@H](O)C[C@@H]3C(C)(C)C#N)cc2C)c(=O)[nH]n1. The molecule has 1 aliphatic heterocycles. The summed E-state index contributed by atoms with van der Waals surface area (Å²) in [6.07, 6.45) is -0.915. The van der Waals surface area contributed by atoms with Gasteiger partial charge in [-0.05, 0) is 82.5 Å². The highest BCUT2D eigenvalue weighted by molar-refractivity contribution is 5.98. The predicted molar refractivity (Wildman–Crippen MR) is 148 cm³/mol. The Labute approximate surface area is 236 Å². The first-order valence-corrected chi connectivity index (χ1v) is 13.1. The number of ether oxygens (including phenoxy) is 1. The summed E-state index contributed by atoms with van der Waals surface area (Å²) in [7, 11) is 0. The number of amides is 2. The number of nitrogens with one attached hydrogen (secondary N) is 2. The maximum Gasteiger partial charge on any atom is 0.307 e. The number of benzene rings is 2. The number of aryl methyl sites for hydroxylation is 2. The van der Waals surface area contributed by atoms with E-state index in [0.29, 0.717) is 22.6 Å². The van der Waals surface area contributed by atoms with Crippen LogP contribution in [0.4, 0.5) is 4.39 Å². The van der Waals surface area contributed by atoms with Crippen molar-refractivity contribution in [2.45, 2.75) is 65.3 Å². The third-order valence-electron chi connectivity index (χ3n) is 7.30. The highest BCUT2D eigenvalue weighted by Gasteiger charge is 2.51. The summed E-state index contributed by atoms with van der Waals surface area (Å²) in [5.41, 5.74) is 0.282. The van der Waals surface area contributed by atoms with E-state index in [4.69, 9.17) is 4.74 Å². The highest BCUT2D eigenvalue weighted by Crippen LogP contribution is 2.43. The average molecular weight is 562 g/mol. The number of H-pyrrole nitrogens is 1. The van der Waals surface area contributed by atoms with Crippen LogP contribution in [0.1, 0.15) is 60.4 Å². The van der Waals surface area contributed by atoms with Crippen LogP contribution < -0.4 is 15.6 Å². The molecule has 2 heterocycles. The van der Waals surface area contributed by atoms with Gasteiger partial charge in [0.2, 0.25) is 5.91 Å². The van der Waals surface area contributed by atoms with Crippen molar-refractivity contribution >= 4 is 11.8 Å². The lowest BCUT2D eigenvalue weighted by molar-refractivity contribution is -0.138. The number of nitrogens with zero attached hydrogens (tertiary/aromatic N) is 3. The van der Waals surface area contributed by atoms with Crippen LogP contribution in [0.25, 0.3) is 0 Å². The summed E-state index contributed by atoms with van der Waals surface area (Å²) in [5.74, 6) is -1.13. The summed E-state index contributed by atoms with van der Waals surface area (Å²) >= 11 is 0. The maximum absolute atomic E-state index is 14.1. The van der Waals surface area contributed by atoms with Crippen molar-refractivity contribution in [3.8, 4) is 17.6 Å². The summed E-state index contributed by atoms with van der Waals surface area (Å²) in [5, 5.41) is 29.6. The number of aromatic nitrogens is 2. The van der Waals surface area contributed by atoms with E-state index >= 15 is 0 Å². The minimum absolute atomic E-state index is 0.0625. The third kappa shape index (κ3) is 6.12. The van der Waals surface area contributed by atoms with Gasteiger partial charge in [-0.1, -0.05) is 12.1 Å². The molecule has 214 valence electrons. The lowest BCUT2D eigenvalue weighted by atomic mass is 9.84. The standard InChI is InChI=1S/C30H32FN5O5/c1-16-11-20(9-10-23(16)41-24-12-17(2)34-35-28(24)39)27(38)33-18(3)29(40)36-25(30(4,5)15-32)14-22(37)26(36)19-7-6-8-21(31)13-19/h6-13,18,22,25-26,37H,14H2,1-5H3,(H,33,38)(H,35,39)/t18?,22-,25-,26-/m1/s1. The van der Waals surface area contributed by atoms with Gasteiger partial charge in [0.15, 0.2) is 5.75 Å². The number of rotatable bonds is 7. The Morgan fingerprint density at radius 3 is 2.61 bits per heavy atom. The summed E-state index contributed by atoms with van der Waals surface area (Å²) in [6.45, 7) is 8.29. The highest BCUT2D eigenvalue weighted by atomic mass is 19.1. The van der Waals surface area contributed by atoms with E-state index in [9.17, 15) is 29.1 Å². The minimum Gasteiger partial charge on any atom is -0.451 e. The van der Waals surface area contributed by atoms with E-state index in [2.05, 4.69) is 21.6 Å². The molecule has 10 nitrogen and oxygen atoms in total. The molecule has 2 aromatic carbocycles. The van der Waals surface area contributed by atoms with Gasteiger partial charge in [-0.15, -0.1) is 0 Å². The van der Waals surface area contributed by atoms with E-state index in [1.807, 2.05) is 0 Å². The fraction of sp³-hybridized carbons (Fsp3) is 0.367. The molecule has 0 aliphatic carbocycles. The number of aliphatic hydroxyl groups excluding tert-OH is 1. The summed E-state index contributed by atoms with van der Waals surface area (Å²) in [4.78, 5) is 40.4. The van der Waals surface area contributed by atoms with Gasteiger partial charge in [-0.3, -0.25) is 14.4 Å². The molecular formula is C30H32FN5O5. The molecule has 4 rings (SSSR count). The smallest absolute Gasteiger partial charge is 0.307 e. The third-order valence-corrected chi connectivity index (χ3v) is 7.30. The Bertz CT molecular complexity index is 1580. The van der Waals surface area contributed by atoms with Crippen LogP contribution >= 0.6 is 0 Å². The van der Waals surface area contributed by atoms with Gasteiger partial charge >= 0.3 is 5.56 Å². The molecule has 1 fully saturated rings. The van der Waals surface area contributed by atoms with E-state index in [0.717, 1.165) is 0 Å². The van der Waals surface area contributed by atoms with Gasteiger partial charge in [0.05, 0.1) is 35.4 Å². The zero-order valence-corrected chi connectivity index (χ0v) is 23.4. The number of nitriles is 1. The van der Waals surface area contributed by atoms with Crippen LogP contribution in [0.15, 0.2) is 53.3 Å². The summed E-state index contributed by atoms with van der Waals surface area (Å²) < 4.78 is 19.8. The number of likely N-dealkylation sites (tertiary alicyclic amines) is 1. The van der Waals surface area contributed by atoms with E-state index in [1.165, 1.54) is 42.2 Å². The lowest BCUT2D eigenvalue weighted by Crippen LogP contribution is -2.52. The first-order chi connectivity index (χ1) is 19.3. The monoisotopic (exact) mass is 561 g/mol. The second-order valence-corrected chi connectivity index (χ2v) is 10.9. The van der Waals surface area contributed by atoms with Crippen molar-refractivity contribution in [1.29, 1.82) is 5.26 Å². The van der Waals surface area contributed by atoms with Crippen molar-refractivity contribution in [2.75, 3.05) is 0 Å². The first-order valence-electron chi connectivity index (χ1n) is 13.1. The molecule has 1 unspecified atom stereocenters. The zero-order valence-electron chi connectivity index (χ0n) is 23.4. The van der Waals surface area contributed by atoms with Crippen molar-refractivity contribution in [1.82, 2.24) is 20.4 Å². The van der Waals surface area contributed by atoms with Crippen molar-refractivity contribution in [3.05, 3.63) is 87.1 Å². The molecule has 3 N–H and O–H groups in total. The zero-order chi connectivity index (χ0) is 30.1. The molecule has 1 aromatic heterocycles. The van der Waals surface area contributed by atoms with Gasteiger partial charge in [-0.25, -0.2) is 9.49 Å². The van der Waals surface area contributed by atoms with Gasteiger partial charge < -0.3 is 20.1 Å². The molecule has 0 radical (unpaired) electrons. The number of aromatic amines is 1. The van der Waals surface area contributed by atoms with Crippen molar-refractivity contribution in [3.63, 3.8) is 0 Å². The number of hydrogen-bond donors (Lipinski definition) is 3. The molecule has 1 aliphatic rings. The summed E-state index contributed by atoms with van der Waals surface area (Å²) in [6, 6.07) is 11.4. The van der Waals surface area contributed by atoms with Crippen LogP contribution in [0.3, 0.4) is 0 Å². The fourth-order valence-corrected chi connectivity index (χ4v) is 5.08. The molecule has 3 aromatic rings. The molecule has 2 amide bonds. The molecule has 0 saturated carbocycles. The predicted octanol–water partition coefficient (Wildman–Crippen LogP) is 3.69. The molecule has 11 heteroatoms. The second kappa shape index (κ2) is 11.5. The largest absolute Gasteiger partial charge is 0.451 e. The number of hydrogen-bond acceptors (Lipinski definition) is 7. The number of carbonyl (C=O) groups is 2. The number of carbonyl (C=O) groups excluding carboxylic acids is 2. The molecule has 0 bridgehead atoms. The molecule has 0 spiro atoms. The Balaban J connectivity index is 1.56. The fourth-order valence-electron chi connectivity index (χ4n) is 5.08. The maximum atomic E-state index is 14.1. The lowest BCUT2D eigenvalue weighted by Gasteiger charge is -2.38. The Hall–Kier alpha value is -4.56.